The van der Waals surface area contributed by atoms with Crippen LogP contribution < -0.4 is 0 Å². The van der Waals surface area contributed by atoms with Crippen molar-refractivity contribution in [3.63, 3.8) is 0 Å². The molecule has 0 aromatic heterocycles. The van der Waals surface area contributed by atoms with Crippen LogP contribution in [0.2, 0.25) is 0 Å². The van der Waals surface area contributed by atoms with Gasteiger partial charge in [-0.05, 0) is 45.8 Å². The third-order valence-corrected chi connectivity index (χ3v) is 4.46. The first-order chi connectivity index (χ1) is 9.99. The van der Waals surface area contributed by atoms with E-state index in [2.05, 4.69) is 25.9 Å². The van der Waals surface area contributed by atoms with Crippen LogP contribution in [0.1, 0.15) is 38.2 Å². The van der Waals surface area contributed by atoms with Crippen LogP contribution in [0.15, 0.2) is 30.3 Å². The highest BCUT2D eigenvalue weighted by molar-refractivity contribution is 5.73. The number of carbonyl (C=O) groups excluding carboxylic acids is 1. The molecule has 0 N–H and O–H groups in total. The molecule has 2 atom stereocenters. The van der Waals surface area contributed by atoms with Gasteiger partial charge in [0.15, 0.2) is 0 Å². The van der Waals surface area contributed by atoms with E-state index in [1.165, 1.54) is 6.42 Å². The first-order valence-electron chi connectivity index (χ1n) is 7.90. The van der Waals surface area contributed by atoms with Crippen LogP contribution in [0.25, 0.3) is 0 Å². The SMILES string of the molecule is CN(C)CC1CCCCC1(C)OC(=O)Cc1ccccc1. The fourth-order valence-corrected chi connectivity index (χ4v) is 3.29. The number of hydrogen-bond donors (Lipinski definition) is 0. The Hall–Kier alpha value is -1.35. The Morgan fingerprint density at radius 1 is 1.29 bits per heavy atom. The third kappa shape index (κ3) is 4.57. The largest absolute Gasteiger partial charge is 0.459 e. The molecule has 3 nitrogen and oxygen atoms in total. The molecule has 1 aromatic carbocycles. The van der Waals surface area contributed by atoms with Crippen LogP contribution in [0.4, 0.5) is 0 Å². The van der Waals surface area contributed by atoms with Gasteiger partial charge in [0.2, 0.25) is 0 Å². The average molecular weight is 289 g/mol. The zero-order valence-electron chi connectivity index (χ0n) is 13.5. The molecule has 1 saturated carbocycles. The molecule has 1 aliphatic carbocycles. The predicted octanol–water partition coefficient (Wildman–Crippen LogP) is 3.28. The van der Waals surface area contributed by atoms with E-state index >= 15 is 0 Å². The minimum absolute atomic E-state index is 0.102. The van der Waals surface area contributed by atoms with Gasteiger partial charge in [-0.15, -0.1) is 0 Å². The second-order valence-corrected chi connectivity index (χ2v) is 6.65. The zero-order valence-corrected chi connectivity index (χ0v) is 13.5. The van der Waals surface area contributed by atoms with E-state index in [0.717, 1.165) is 31.4 Å². The monoisotopic (exact) mass is 289 g/mol. The first kappa shape index (κ1) is 16.0. The minimum atomic E-state index is -0.311. The van der Waals surface area contributed by atoms with E-state index < -0.39 is 0 Å². The molecular formula is C18H27NO2. The summed E-state index contributed by atoms with van der Waals surface area (Å²) in [5.41, 5.74) is 0.708. The maximum Gasteiger partial charge on any atom is 0.310 e. The van der Waals surface area contributed by atoms with Crippen molar-refractivity contribution in [1.82, 2.24) is 4.90 Å². The van der Waals surface area contributed by atoms with Gasteiger partial charge >= 0.3 is 5.97 Å². The van der Waals surface area contributed by atoms with Crippen molar-refractivity contribution in [2.45, 2.75) is 44.6 Å². The Morgan fingerprint density at radius 2 is 2.00 bits per heavy atom. The summed E-state index contributed by atoms with van der Waals surface area (Å²) in [6, 6.07) is 9.83. The number of esters is 1. The minimum Gasteiger partial charge on any atom is -0.459 e. The van der Waals surface area contributed by atoms with Crippen LogP contribution >= 0.6 is 0 Å². The van der Waals surface area contributed by atoms with E-state index in [1.807, 2.05) is 30.3 Å². The Bertz CT molecular complexity index is 458. The van der Waals surface area contributed by atoms with E-state index in [4.69, 9.17) is 4.74 Å². The van der Waals surface area contributed by atoms with Gasteiger partial charge in [0, 0.05) is 12.5 Å². The molecule has 0 amide bonds. The van der Waals surface area contributed by atoms with Gasteiger partial charge in [0.25, 0.3) is 0 Å². The highest BCUT2D eigenvalue weighted by atomic mass is 16.6. The molecular weight excluding hydrogens is 262 g/mol. The lowest BCUT2D eigenvalue weighted by Gasteiger charge is -2.42. The molecule has 1 aliphatic rings. The fraction of sp³-hybridized carbons (Fsp3) is 0.611. The molecule has 2 rings (SSSR count). The van der Waals surface area contributed by atoms with E-state index in [-0.39, 0.29) is 11.6 Å². The number of carbonyl (C=O) groups is 1. The standard InChI is InChI=1S/C18H27NO2/c1-18(12-8-7-11-16(18)14-19(2)3)21-17(20)13-15-9-5-4-6-10-15/h4-6,9-10,16H,7-8,11-14H2,1-3H3. The number of hydrogen-bond acceptors (Lipinski definition) is 3. The quantitative estimate of drug-likeness (QED) is 0.779. The lowest BCUT2D eigenvalue weighted by molar-refractivity contribution is -0.167. The summed E-state index contributed by atoms with van der Waals surface area (Å²) in [6.07, 6.45) is 4.88. The summed E-state index contributed by atoms with van der Waals surface area (Å²) in [6.45, 7) is 3.10. The molecule has 0 spiro atoms. The van der Waals surface area contributed by atoms with E-state index in [9.17, 15) is 4.79 Å². The van der Waals surface area contributed by atoms with Gasteiger partial charge in [-0.3, -0.25) is 4.79 Å². The smallest absolute Gasteiger partial charge is 0.310 e. The normalized spacial score (nSPS) is 25.8. The molecule has 3 heteroatoms. The van der Waals surface area contributed by atoms with Crippen LogP contribution in [-0.4, -0.2) is 37.1 Å². The summed E-state index contributed by atoms with van der Waals surface area (Å²) in [4.78, 5) is 14.5. The van der Waals surface area contributed by atoms with E-state index in [0.29, 0.717) is 12.3 Å². The lowest BCUT2D eigenvalue weighted by atomic mass is 9.76. The van der Waals surface area contributed by atoms with Crippen molar-refractivity contribution >= 4 is 5.97 Å². The molecule has 0 heterocycles. The summed E-state index contributed by atoms with van der Waals surface area (Å²) >= 11 is 0. The van der Waals surface area contributed by atoms with Gasteiger partial charge in [-0.25, -0.2) is 0 Å². The Balaban J connectivity index is 1.99. The molecule has 1 aromatic rings. The maximum absolute atomic E-state index is 12.3. The second-order valence-electron chi connectivity index (χ2n) is 6.65. The molecule has 0 aliphatic heterocycles. The number of benzene rings is 1. The Kier molecular flexibility index (Phi) is 5.40. The predicted molar refractivity (Wildman–Crippen MR) is 85.2 cm³/mol. The molecule has 1 fully saturated rings. The van der Waals surface area contributed by atoms with Crippen LogP contribution in [0.5, 0.6) is 0 Å². The lowest BCUT2D eigenvalue weighted by Crippen LogP contribution is -2.46. The summed E-state index contributed by atoms with van der Waals surface area (Å²) < 4.78 is 5.93. The summed E-state index contributed by atoms with van der Waals surface area (Å²) in [7, 11) is 4.17. The zero-order chi connectivity index (χ0) is 15.3. The van der Waals surface area contributed by atoms with E-state index in [1.54, 1.807) is 0 Å². The molecule has 21 heavy (non-hydrogen) atoms. The van der Waals surface area contributed by atoms with Crippen molar-refractivity contribution in [3.05, 3.63) is 35.9 Å². The van der Waals surface area contributed by atoms with Gasteiger partial charge < -0.3 is 9.64 Å². The first-order valence-corrected chi connectivity index (χ1v) is 7.90. The number of nitrogens with zero attached hydrogens (tertiary/aromatic N) is 1. The van der Waals surface area contributed by atoms with Crippen molar-refractivity contribution in [1.29, 1.82) is 0 Å². The fourth-order valence-electron chi connectivity index (χ4n) is 3.29. The number of rotatable bonds is 5. The summed E-state index contributed by atoms with van der Waals surface area (Å²) in [5.74, 6) is 0.329. The van der Waals surface area contributed by atoms with Crippen LogP contribution in [0.3, 0.4) is 0 Å². The third-order valence-electron chi connectivity index (χ3n) is 4.46. The van der Waals surface area contributed by atoms with Crippen LogP contribution in [-0.2, 0) is 16.0 Å². The van der Waals surface area contributed by atoms with Gasteiger partial charge in [-0.2, -0.15) is 0 Å². The highest BCUT2D eigenvalue weighted by Gasteiger charge is 2.40. The van der Waals surface area contributed by atoms with Gasteiger partial charge in [0.1, 0.15) is 5.60 Å². The Labute approximate surface area is 128 Å². The Morgan fingerprint density at radius 3 is 2.67 bits per heavy atom. The maximum atomic E-state index is 12.3. The molecule has 2 unspecified atom stereocenters. The van der Waals surface area contributed by atoms with Crippen molar-refractivity contribution in [3.8, 4) is 0 Å². The van der Waals surface area contributed by atoms with Crippen LogP contribution in [0, 0.1) is 5.92 Å². The molecule has 0 bridgehead atoms. The van der Waals surface area contributed by atoms with Crippen molar-refractivity contribution < 1.29 is 9.53 Å². The molecule has 116 valence electrons. The van der Waals surface area contributed by atoms with Crippen molar-refractivity contribution in [2.75, 3.05) is 20.6 Å². The highest BCUT2D eigenvalue weighted by Crippen LogP contribution is 2.37. The summed E-state index contributed by atoms with van der Waals surface area (Å²) in [5, 5.41) is 0. The molecule has 0 radical (unpaired) electrons. The topological polar surface area (TPSA) is 29.5 Å². The van der Waals surface area contributed by atoms with Crippen molar-refractivity contribution in [2.24, 2.45) is 5.92 Å². The average Bonchev–Trinajstić information content (AvgIpc) is 2.42. The number of ether oxygens (including phenoxy) is 1. The molecule has 0 saturated heterocycles. The second kappa shape index (κ2) is 7.08. The van der Waals surface area contributed by atoms with Gasteiger partial charge in [0.05, 0.1) is 6.42 Å². The van der Waals surface area contributed by atoms with Gasteiger partial charge in [-0.1, -0.05) is 36.8 Å².